The maximum atomic E-state index is 2.70. The first-order valence-electron chi connectivity index (χ1n) is 8.42. The molecule has 0 saturated heterocycles. The van der Waals surface area contributed by atoms with Crippen LogP contribution in [-0.2, 0) is 15.8 Å². The molecule has 0 spiro atoms. The number of hydrogen-bond donors (Lipinski definition) is 0. The Bertz CT molecular complexity index is 604. The van der Waals surface area contributed by atoms with E-state index >= 15 is 0 Å². The van der Waals surface area contributed by atoms with Crippen molar-refractivity contribution >= 4 is 24.8 Å². The zero-order valence-electron chi connectivity index (χ0n) is 14.8. The first-order valence-corrected chi connectivity index (χ1v) is 23.4. The fourth-order valence-corrected chi connectivity index (χ4v) is 21.7. The van der Waals surface area contributed by atoms with Gasteiger partial charge in [-0.1, -0.05) is 0 Å². The summed E-state index contributed by atoms with van der Waals surface area (Å²) in [4.78, 5) is 0. The summed E-state index contributed by atoms with van der Waals surface area (Å²) >= 11 is -3.89. The van der Waals surface area contributed by atoms with Gasteiger partial charge in [-0.05, 0) is 0 Å². The Balaban J connectivity index is 0.00000121. The second kappa shape index (κ2) is 4.74. The van der Waals surface area contributed by atoms with Crippen LogP contribution in [-0.4, -0.2) is 0 Å². The molecular formula is C19H33Cl2Zr. The number of rotatable bonds is 2. The third kappa shape index (κ3) is 2.91. The Kier molecular flexibility index (Phi) is 4.41. The van der Waals surface area contributed by atoms with Gasteiger partial charge in [0.25, 0.3) is 0 Å². The van der Waals surface area contributed by atoms with Gasteiger partial charge in [0, 0.05) is 0 Å². The van der Waals surface area contributed by atoms with Crippen LogP contribution >= 0.6 is 24.8 Å². The Hall–Kier alpha value is 0.423. The fourth-order valence-electron chi connectivity index (χ4n) is 5.33. The molecule has 2 unspecified atom stereocenters. The van der Waals surface area contributed by atoms with Gasteiger partial charge in [-0.15, -0.1) is 24.8 Å². The topological polar surface area (TPSA) is 0 Å². The molecule has 0 nitrogen and oxygen atoms in total. The molecule has 0 aliphatic heterocycles. The molecular weight excluding hydrogens is 390 g/mol. The van der Waals surface area contributed by atoms with Crippen molar-refractivity contribution in [1.29, 1.82) is 0 Å². The van der Waals surface area contributed by atoms with Crippen LogP contribution < -0.4 is 0 Å². The first kappa shape index (κ1) is 20.5. The zero-order valence-corrected chi connectivity index (χ0v) is 18.9. The third-order valence-corrected chi connectivity index (χ3v) is 27.7. The van der Waals surface area contributed by atoms with E-state index in [-0.39, 0.29) is 24.8 Å². The van der Waals surface area contributed by atoms with E-state index < -0.39 is 15.8 Å². The fraction of sp³-hybridized carbons (Fsp3) is 0.579. The van der Waals surface area contributed by atoms with E-state index in [2.05, 4.69) is 59.6 Å². The number of allylic oxidation sites excluding steroid dienone is 8. The molecule has 0 radical (unpaired) electrons. The summed E-state index contributed by atoms with van der Waals surface area (Å²) < 4.78 is 16.0. The summed E-state index contributed by atoms with van der Waals surface area (Å²) in [7, 11) is 0. The Morgan fingerprint density at radius 1 is 0.864 bits per heavy atom. The minimum absolute atomic E-state index is 0. The first-order chi connectivity index (χ1) is 8.94. The van der Waals surface area contributed by atoms with Crippen molar-refractivity contribution in [3.05, 3.63) is 45.3 Å². The molecule has 0 aromatic carbocycles. The Morgan fingerprint density at radius 3 is 2.09 bits per heavy atom. The van der Waals surface area contributed by atoms with Crippen molar-refractivity contribution in [3.63, 3.8) is 0 Å². The molecule has 22 heavy (non-hydrogen) atoms. The Labute approximate surface area is 143 Å². The summed E-state index contributed by atoms with van der Waals surface area (Å²) in [5.74, 6) is 0.830. The van der Waals surface area contributed by atoms with Gasteiger partial charge in [0.05, 0.1) is 0 Å². The van der Waals surface area contributed by atoms with E-state index in [4.69, 9.17) is 0 Å². The molecule has 3 rings (SSSR count). The molecule has 0 N–H and O–H groups in total. The van der Waals surface area contributed by atoms with Crippen molar-refractivity contribution in [2.75, 3.05) is 0 Å². The Morgan fingerprint density at radius 2 is 1.50 bits per heavy atom. The standard InChI is InChI=1S/C9H11.C5H5.5CH3.2ClH.Zr/c1-2-5-9-7-3-6-8(9)4-1;1-2-4-5-3-1;;;;;;;;/h1-2,4,6,9H,3,5,7H2;1-3H,4H2;5*1H3;2*1H;. The number of halogens is 2. The predicted octanol–water partition coefficient (Wildman–Crippen LogP) is 7.76. The van der Waals surface area contributed by atoms with Crippen molar-refractivity contribution in [3.8, 4) is 0 Å². The molecule has 0 heterocycles. The average molecular weight is 424 g/mol. The quantitative estimate of drug-likeness (QED) is 0.426. The van der Waals surface area contributed by atoms with E-state index in [0.717, 1.165) is 9.54 Å². The van der Waals surface area contributed by atoms with E-state index in [1.807, 2.05) is 0 Å². The van der Waals surface area contributed by atoms with Crippen LogP contribution in [0.2, 0.25) is 26.8 Å². The van der Waals surface area contributed by atoms with E-state index in [1.165, 1.54) is 25.7 Å². The number of hydrogen-bond acceptors (Lipinski definition) is 0. The zero-order chi connectivity index (χ0) is 14.8. The molecule has 3 heteroatoms. The second-order valence-electron chi connectivity index (χ2n) is 12.3. The van der Waals surface area contributed by atoms with Crippen LogP contribution in [0.3, 0.4) is 0 Å². The third-order valence-electron chi connectivity index (χ3n) is 7.00. The average Bonchev–Trinajstić information content (AvgIpc) is 2.98. The monoisotopic (exact) mass is 421 g/mol. The second-order valence-corrected chi connectivity index (χ2v) is 54.1. The van der Waals surface area contributed by atoms with E-state index in [9.17, 15) is 0 Å². The summed E-state index contributed by atoms with van der Waals surface area (Å²) in [6.07, 6.45) is 19.5. The summed E-state index contributed by atoms with van der Waals surface area (Å²) in [6, 6.07) is 0. The van der Waals surface area contributed by atoms with Gasteiger partial charge in [-0.2, -0.15) is 0 Å². The molecule has 2 atom stereocenters. The van der Waals surface area contributed by atoms with Gasteiger partial charge in [0.1, 0.15) is 0 Å². The maximum absolute atomic E-state index is 3.89. The summed E-state index contributed by atoms with van der Waals surface area (Å²) in [5, 5.41) is 0. The van der Waals surface area contributed by atoms with Crippen LogP contribution in [0, 0.1) is 5.92 Å². The van der Waals surface area contributed by atoms with Crippen molar-refractivity contribution in [1.82, 2.24) is 0 Å². The summed E-state index contributed by atoms with van der Waals surface area (Å²) in [6.45, 7) is 0. The normalized spacial score (nSPS) is 31.4. The molecule has 0 bridgehead atoms. The van der Waals surface area contributed by atoms with Crippen LogP contribution in [0.1, 0.15) is 25.7 Å². The van der Waals surface area contributed by atoms with E-state index in [1.54, 1.807) is 8.85 Å². The van der Waals surface area contributed by atoms with Gasteiger partial charge < -0.3 is 0 Å². The molecule has 1 saturated carbocycles. The van der Waals surface area contributed by atoms with Crippen LogP contribution in [0.4, 0.5) is 0 Å². The van der Waals surface area contributed by atoms with Gasteiger partial charge in [0.2, 0.25) is 0 Å². The van der Waals surface area contributed by atoms with Crippen LogP contribution in [0.5, 0.6) is 0 Å². The molecule has 3 aliphatic carbocycles. The van der Waals surface area contributed by atoms with Crippen molar-refractivity contribution < 1.29 is 15.8 Å². The van der Waals surface area contributed by atoms with Gasteiger partial charge >= 0.3 is 120 Å². The molecule has 1 fully saturated rings. The van der Waals surface area contributed by atoms with Crippen molar-refractivity contribution in [2.24, 2.45) is 5.92 Å². The van der Waals surface area contributed by atoms with Crippen molar-refractivity contribution in [2.45, 2.75) is 52.5 Å². The minimum atomic E-state index is -3.89. The van der Waals surface area contributed by atoms with Gasteiger partial charge in [-0.3, -0.25) is 0 Å². The molecule has 0 amide bonds. The summed E-state index contributed by atoms with van der Waals surface area (Å²) in [5.41, 5.74) is 1.78. The SMILES string of the molecule is Cl.Cl.[CH3][Zr]([CH3])([CH3])([CH3])([CH3])([C]1=CC=CC1)[CH]1CCC2CC=CC=C21. The number of fused-ring (bicyclic) bond motifs is 1. The van der Waals surface area contributed by atoms with Gasteiger partial charge in [-0.25, -0.2) is 0 Å². The molecule has 3 aliphatic rings. The molecule has 127 valence electrons. The van der Waals surface area contributed by atoms with Gasteiger partial charge in [0.15, 0.2) is 0 Å². The van der Waals surface area contributed by atoms with Crippen LogP contribution in [0.25, 0.3) is 0 Å². The predicted molar refractivity (Wildman–Crippen MR) is 104 cm³/mol. The molecule has 0 aromatic rings. The van der Waals surface area contributed by atoms with Crippen LogP contribution in [0.15, 0.2) is 45.3 Å². The molecule has 0 aromatic heterocycles. The van der Waals surface area contributed by atoms with E-state index in [0.29, 0.717) is 0 Å².